The summed E-state index contributed by atoms with van der Waals surface area (Å²) in [5.74, 6) is 1.89. The Balaban J connectivity index is 1.63. The molecule has 128 valence electrons. The van der Waals surface area contributed by atoms with Gasteiger partial charge in [-0.15, -0.1) is 0 Å². The molecule has 1 aliphatic carbocycles. The number of benzene rings is 1. The molecule has 1 aromatic carbocycles. The van der Waals surface area contributed by atoms with E-state index in [4.69, 9.17) is 9.97 Å². The number of hydrogen-bond donors (Lipinski definition) is 1. The Bertz CT molecular complexity index is 687. The average molecular weight is 325 g/mol. The van der Waals surface area contributed by atoms with Crippen molar-refractivity contribution in [3.05, 3.63) is 24.3 Å². The predicted molar refractivity (Wildman–Crippen MR) is 99.7 cm³/mol. The number of para-hydroxylation sites is 1. The summed E-state index contributed by atoms with van der Waals surface area (Å²) in [6, 6.07) is 8.93. The van der Waals surface area contributed by atoms with E-state index in [1.54, 1.807) is 0 Å². The molecule has 1 saturated carbocycles. The molecule has 2 fully saturated rings. The van der Waals surface area contributed by atoms with E-state index in [9.17, 15) is 0 Å². The first kappa shape index (κ1) is 15.6. The van der Waals surface area contributed by atoms with Gasteiger partial charge in [0.1, 0.15) is 5.82 Å². The van der Waals surface area contributed by atoms with Crippen LogP contribution in [0.3, 0.4) is 0 Å². The molecule has 0 bridgehead atoms. The molecule has 2 heterocycles. The maximum absolute atomic E-state index is 4.92. The number of fused-ring (bicyclic) bond motifs is 1. The van der Waals surface area contributed by atoms with Crippen molar-refractivity contribution in [3.63, 3.8) is 0 Å². The van der Waals surface area contributed by atoms with Gasteiger partial charge in [0.05, 0.1) is 5.52 Å². The number of nitrogens with zero attached hydrogens (tertiary/aromatic N) is 4. The molecule has 5 nitrogen and oxygen atoms in total. The van der Waals surface area contributed by atoms with Gasteiger partial charge >= 0.3 is 0 Å². The molecule has 0 unspecified atom stereocenters. The molecule has 0 amide bonds. The summed E-state index contributed by atoms with van der Waals surface area (Å²) < 4.78 is 0. The fraction of sp³-hybridized carbons (Fsp3) is 0.579. The van der Waals surface area contributed by atoms with Gasteiger partial charge in [0.25, 0.3) is 0 Å². The van der Waals surface area contributed by atoms with E-state index in [-0.39, 0.29) is 0 Å². The van der Waals surface area contributed by atoms with E-state index >= 15 is 0 Å². The number of aromatic nitrogens is 2. The SMILES string of the molecule is CCN1CCN(c2nc(NC3CCCC3)c3ccccc3n2)CC1. The molecule has 4 rings (SSSR count). The lowest BCUT2D eigenvalue weighted by molar-refractivity contribution is 0.270. The summed E-state index contributed by atoms with van der Waals surface area (Å²) in [4.78, 5) is 14.6. The second kappa shape index (κ2) is 6.93. The quantitative estimate of drug-likeness (QED) is 0.935. The molecule has 5 heteroatoms. The molecule has 0 atom stereocenters. The Kier molecular flexibility index (Phi) is 4.52. The second-order valence-corrected chi connectivity index (χ2v) is 6.94. The van der Waals surface area contributed by atoms with Crippen molar-refractivity contribution in [1.82, 2.24) is 14.9 Å². The lowest BCUT2D eigenvalue weighted by Crippen LogP contribution is -2.46. The van der Waals surface area contributed by atoms with Gasteiger partial charge in [-0.05, 0) is 31.5 Å². The highest BCUT2D eigenvalue weighted by molar-refractivity contribution is 5.90. The lowest BCUT2D eigenvalue weighted by Gasteiger charge is -2.34. The van der Waals surface area contributed by atoms with Crippen LogP contribution in [0, 0.1) is 0 Å². The summed E-state index contributed by atoms with van der Waals surface area (Å²) in [6.45, 7) is 7.56. The monoisotopic (exact) mass is 325 g/mol. The van der Waals surface area contributed by atoms with E-state index in [0.29, 0.717) is 6.04 Å². The highest BCUT2D eigenvalue weighted by atomic mass is 15.3. The van der Waals surface area contributed by atoms with Crippen molar-refractivity contribution in [2.75, 3.05) is 42.9 Å². The lowest BCUT2D eigenvalue weighted by atomic mass is 10.2. The Morgan fingerprint density at radius 3 is 2.54 bits per heavy atom. The van der Waals surface area contributed by atoms with Crippen molar-refractivity contribution < 1.29 is 0 Å². The molecule has 1 N–H and O–H groups in total. The maximum atomic E-state index is 4.92. The van der Waals surface area contributed by atoms with Gasteiger partial charge in [-0.3, -0.25) is 0 Å². The molecule has 1 aromatic heterocycles. The van der Waals surface area contributed by atoms with Gasteiger partial charge in [0.2, 0.25) is 5.95 Å². The van der Waals surface area contributed by atoms with Crippen LogP contribution in [-0.4, -0.2) is 53.6 Å². The minimum atomic E-state index is 0.563. The van der Waals surface area contributed by atoms with Gasteiger partial charge in [0, 0.05) is 37.6 Å². The molecule has 0 radical (unpaired) electrons. The van der Waals surface area contributed by atoms with Crippen LogP contribution in [0.4, 0.5) is 11.8 Å². The van der Waals surface area contributed by atoms with E-state index in [1.807, 2.05) is 0 Å². The first-order valence-electron chi connectivity index (χ1n) is 9.34. The number of likely N-dealkylation sites (N-methyl/N-ethyl adjacent to an activating group) is 1. The van der Waals surface area contributed by atoms with E-state index in [2.05, 4.69) is 46.3 Å². The van der Waals surface area contributed by atoms with Gasteiger partial charge in [0.15, 0.2) is 0 Å². The molecule has 2 aliphatic rings. The van der Waals surface area contributed by atoms with Crippen LogP contribution in [0.15, 0.2) is 24.3 Å². The van der Waals surface area contributed by atoms with Crippen molar-refractivity contribution in [2.24, 2.45) is 0 Å². The van der Waals surface area contributed by atoms with Crippen molar-refractivity contribution in [3.8, 4) is 0 Å². The van der Waals surface area contributed by atoms with Crippen LogP contribution in [0.2, 0.25) is 0 Å². The van der Waals surface area contributed by atoms with Crippen molar-refractivity contribution in [1.29, 1.82) is 0 Å². The average Bonchev–Trinajstić information content (AvgIpc) is 3.15. The topological polar surface area (TPSA) is 44.3 Å². The Hall–Kier alpha value is -1.88. The van der Waals surface area contributed by atoms with Gasteiger partial charge < -0.3 is 15.1 Å². The Labute approximate surface area is 144 Å². The summed E-state index contributed by atoms with van der Waals surface area (Å²) >= 11 is 0. The first-order chi connectivity index (χ1) is 11.8. The van der Waals surface area contributed by atoms with Crippen LogP contribution in [0.25, 0.3) is 10.9 Å². The highest BCUT2D eigenvalue weighted by Gasteiger charge is 2.21. The normalized spacial score (nSPS) is 20.0. The zero-order valence-electron chi connectivity index (χ0n) is 14.5. The standard InChI is InChI=1S/C19H27N5/c1-2-23-11-13-24(14-12-23)19-21-17-10-6-5-9-16(17)18(22-19)20-15-7-3-4-8-15/h5-6,9-10,15H,2-4,7-8,11-14H2,1H3,(H,20,21,22). The maximum Gasteiger partial charge on any atom is 0.227 e. The minimum Gasteiger partial charge on any atom is -0.367 e. The fourth-order valence-electron chi connectivity index (χ4n) is 3.84. The minimum absolute atomic E-state index is 0.563. The molecule has 24 heavy (non-hydrogen) atoms. The smallest absolute Gasteiger partial charge is 0.227 e. The molecule has 2 aromatic rings. The summed E-state index contributed by atoms with van der Waals surface area (Å²) in [7, 11) is 0. The third kappa shape index (κ3) is 3.18. The van der Waals surface area contributed by atoms with Crippen LogP contribution >= 0.6 is 0 Å². The predicted octanol–water partition coefficient (Wildman–Crippen LogP) is 3.13. The first-order valence-corrected chi connectivity index (χ1v) is 9.34. The largest absolute Gasteiger partial charge is 0.367 e. The van der Waals surface area contributed by atoms with Crippen molar-refractivity contribution in [2.45, 2.75) is 38.6 Å². The van der Waals surface area contributed by atoms with E-state index in [1.165, 1.54) is 25.7 Å². The number of hydrogen-bond acceptors (Lipinski definition) is 5. The van der Waals surface area contributed by atoms with Crippen molar-refractivity contribution >= 4 is 22.7 Å². The summed E-state index contributed by atoms with van der Waals surface area (Å²) in [5, 5.41) is 4.83. The van der Waals surface area contributed by atoms with Crippen LogP contribution in [0.5, 0.6) is 0 Å². The number of nitrogens with one attached hydrogen (secondary N) is 1. The molecular weight excluding hydrogens is 298 g/mol. The molecular formula is C19H27N5. The van der Waals surface area contributed by atoms with Gasteiger partial charge in [-0.25, -0.2) is 4.98 Å². The Morgan fingerprint density at radius 2 is 1.79 bits per heavy atom. The Morgan fingerprint density at radius 1 is 1.04 bits per heavy atom. The van der Waals surface area contributed by atoms with Gasteiger partial charge in [-0.2, -0.15) is 4.98 Å². The zero-order chi connectivity index (χ0) is 16.4. The second-order valence-electron chi connectivity index (χ2n) is 6.94. The number of piperazine rings is 1. The van der Waals surface area contributed by atoms with Crippen LogP contribution in [-0.2, 0) is 0 Å². The molecule has 0 spiro atoms. The number of anilines is 2. The van der Waals surface area contributed by atoms with Crippen LogP contribution in [0.1, 0.15) is 32.6 Å². The summed E-state index contributed by atoms with van der Waals surface area (Å²) in [5.41, 5.74) is 1.04. The third-order valence-electron chi connectivity index (χ3n) is 5.39. The zero-order valence-corrected chi connectivity index (χ0v) is 14.5. The van der Waals surface area contributed by atoms with E-state index < -0.39 is 0 Å². The van der Waals surface area contributed by atoms with Gasteiger partial charge in [-0.1, -0.05) is 31.9 Å². The fourth-order valence-corrected chi connectivity index (χ4v) is 3.84. The molecule has 1 saturated heterocycles. The highest BCUT2D eigenvalue weighted by Crippen LogP contribution is 2.28. The third-order valence-corrected chi connectivity index (χ3v) is 5.39. The number of rotatable bonds is 4. The van der Waals surface area contributed by atoms with Crippen LogP contribution < -0.4 is 10.2 Å². The van der Waals surface area contributed by atoms with E-state index in [0.717, 1.165) is 55.4 Å². The summed E-state index contributed by atoms with van der Waals surface area (Å²) in [6.07, 6.45) is 5.16. The molecule has 1 aliphatic heterocycles.